The van der Waals surface area contributed by atoms with Crippen LogP contribution in [-0.4, -0.2) is 55.0 Å². The highest BCUT2D eigenvalue weighted by Gasteiger charge is 2.38. The lowest BCUT2D eigenvalue weighted by Crippen LogP contribution is -2.47. The average molecular weight is 441 g/mol. The summed E-state index contributed by atoms with van der Waals surface area (Å²) >= 11 is 0. The Morgan fingerprint density at radius 3 is 2.47 bits per heavy atom. The Hall–Kier alpha value is -3.09. The predicted octanol–water partition coefficient (Wildman–Crippen LogP) is 3.89. The summed E-state index contributed by atoms with van der Waals surface area (Å²) in [7, 11) is 3.23. The van der Waals surface area contributed by atoms with Crippen LogP contribution in [0, 0.1) is 11.7 Å². The Labute approximate surface area is 187 Å². The summed E-state index contributed by atoms with van der Waals surface area (Å²) in [5.41, 5.74) is 1.35. The Morgan fingerprint density at radius 1 is 1.06 bits per heavy atom. The number of ether oxygens (including phenoxy) is 2. The summed E-state index contributed by atoms with van der Waals surface area (Å²) in [6.45, 7) is 1.44. The summed E-state index contributed by atoms with van der Waals surface area (Å²) < 4.78 is 24.1. The number of halogens is 1. The molecule has 1 unspecified atom stereocenters. The van der Waals surface area contributed by atoms with Gasteiger partial charge in [-0.3, -0.25) is 9.59 Å². The first-order chi connectivity index (χ1) is 15.5. The van der Waals surface area contributed by atoms with Crippen LogP contribution in [0.25, 0.3) is 0 Å². The summed E-state index contributed by atoms with van der Waals surface area (Å²) in [5.74, 6) is 0.745. The van der Waals surface area contributed by atoms with Crippen LogP contribution < -0.4 is 9.47 Å². The number of hydrogen-bond acceptors (Lipinski definition) is 4. The maximum atomic E-state index is 13.6. The highest BCUT2D eigenvalue weighted by Crippen LogP contribution is 2.34. The molecule has 2 amide bonds. The SMILES string of the molecule is COc1ccc(OC)c(CN(C(=O)C2CCCN(C(=O)c3ccc(F)cc3)C2)C2CC2)c1. The molecular formula is C25H29FN2O4. The van der Waals surface area contributed by atoms with Gasteiger partial charge in [-0.15, -0.1) is 0 Å². The largest absolute Gasteiger partial charge is 0.497 e. The highest BCUT2D eigenvalue weighted by molar-refractivity contribution is 5.94. The molecule has 1 saturated heterocycles. The third-order valence-corrected chi connectivity index (χ3v) is 6.25. The lowest BCUT2D eigenvalue weighted by molar-refractivity contribution is -0.138. The van der Waals surface area contributed by atoms with Crippen LogP contribution in [0.1, 0.15) is 41.6 Å². The molecule has 6 nitrogen and oxygen atoms in total. The lowest BCUT2D eigenvalue weighted by Gasteiger charge is -2.35. The zero-order chi connectivity index (χ0) is 22.7. The molecule has 2 fully saturated rings. The molecule has 4 rings (SSSR count). The van der Waals surface area contributed by atoms with Crippen molar-refractivity contribution in [2.24, 2.45) is 5.92 Å². The van der Waals surface area contributed by atoms with Crippen molar-refractivity contribution >= 4 is 11.8 Å². The van der Waals surface area contributed by atoms with Crippen LogP contribution >= 0.6 is 0 Å². The Balaban J connectivity index is 1.49. The molecule has 170 valence electrons. The smallest absolute Gasteiger partial charge is 0.253 e. The number of rotatable bonds is 7. The quantitative estimate of drug-likeness (QED) is 0.656. The second-order valence-corrected chi connectivity index (χ2v) is 8.47. The first-order valence-corrected chi connectivity index (χ1v) is 11.1. The number of likely N-dealkylation sites (tertiary alicyclic amines) is 1. The van der Waals surface area contributed by atoms with E-state index in [0.717, 1.165) is 42.7 Å². The van der Waals surface area contributed by atoms with E-state index in [2.05, 4.69) is 0 Å². The van der Waals surface area contributed by atoms with E-state index in [0.29, 0.717) is 25.2 Å². The Kier molecular flexibility index (Phi) is 6.63. The number of carbonyl (C=O) groups excluding carboxylic acids is 2. The third-order valence-electron chi connectivity index (χ3n) is 6.25. The molecule has 1 atom stereocenters. The van der Waals surface area contributed by atoms with Gasteiger partial charge < -0.3 is 19.3 Å². The minimum Gasteiger partial charge on any atom is -0.497 e. The molecule has 2 aliphatic rings. The van der Waals surface area contributed by atoms with E-state index in [9.17, 15) is 14.0 Å². The maximum absolute atomic E-state index is 13.6. The fraction of sp³-hybridized carbons (Fsp3) is 0.440. The van der Waals surface area contributed by atoms with Crippen LogP contribution in [-0.2, 0) is 11.3 Å². The minimum atomic E-state index is -0.374. The first kappa shape index (κ1) is 22.1. The van der Waals surface area contributed by atoms with Gasteiger partial charge in [0.15, 0.2) is 0 Å². The van der Waals surface area contributed by atoms with E-state index in [1.165, 1.54) is 24.3 Å². The van der Waals surface area contributed by atoms with E-state index in [4.69, 9.17) is 9.47 Å². The maximum Gasteiger partial charge on any atom is 0.253 e. The normalized spacial score (nSPS) is 18.2. The molecule has 2 aromatic carbocycles. The standard InChI is InChI=1S/C25H29FN2O4/c1-31-22-11-12-23(32-2)19(14-22)16-28(21-9-10-21)25(30)18-4-3-13-27(15-18)24(29)17-5-7-20(26)8-6-17/h5-8,11-12,14,18,21H,3-4,9-10,13,15-16H2,1-2H3. The van der Waals surface area contributed by atoms with Crippen molar-refractivity contribution in [1.82, 2.24) is 9.80 Å². The summed E-state index contributed by atoms with van der Waals surface area (Å²) in [6, 6.07) is 11.4. The molecule has 0 bridgehead atoms. The van der Waals surface area contributed by atoms with Crippen molar-refractivity contribution in [3.8, 4) is 11.5 Å². The van der Waals surface area contributed by atoms with Gasteiger partial charge in [0.1, 0.15) is 17.3 Å². The van der Waals surface area contributed by atoms with Gasteiger partial charge in [0.2, 0.25) is 5.91 Å². The van der Waals surface area contributed by atoms with Gasteiger partial charge in [-0.05, 0) is 68.1 Å². The Morgan fingerprint density at radius 2 is 1.81 bits per heavy atom. The van der Waals surface area contributed by atoms with Gasteiger partial charge in [0.05, 0.1) is 20.1 Å². The highest BCUT2D eigenvalue weighted by atomic mass is 19.1. The number of piperidine rings is 1. The molecule has 1 saturated carbocycles. The third kappa shape index (κ3) is 4.87. The molecule has 1 aliphatic carbocycles. The van der Waals surface area contributed by atoms with Crippen LogP contribution in [0.5, 0.6) is 11.5 Å². The number of nitrogens with zero attached hydrogens (tertiary/aromatic N) is 2. The second-order valence-electron chi connectivity index (χ2n) is 8.47. The monoisotopic (exact) mass is 440 g/mol. The van der Waals surface area contributed by atoms with Crippen LogP contribution in [0.4, 0.5) is 4.39 Å². The molecule has 32 heavy (non-hydrogen) atoms. The van der Waals surface area contributed by atoms with E-state index in [-0.39, 0.29) is 29.6 Å². The zero-order valence-electron chi connectivity index (χ0n) is 18.6. The van der Waals surface area contributed by atoms with Crippen molar-refractivity contribution in [2.75, 3.05) is 27.3 Å². The van der Waals surface area contributed by atoms with Gasteiger partial charge in [-0.1, -0.05) is 0 Å². The Bertz CT molecular complexity index is 974. The van der Waals surface area contributed by atoms with Crippen molar-refractivity contribution in [3.63, 3.8) is 0 Å². The van der Waals surface area contributed by atoms with Crippen molar-refractivity contribution in [2.45, 2.75) is 38.3 Å². The minimum absolute atomic E-state index is 0.0778. The van der Waals surface area contributed by atoms with E-state index < -0.39 is 0 Å². The van der Waals surface area contributed by atoms with Gasteiger partial charge in [-0.25, -0.2) is 4.39 Å². The average Bonchev–Trinajstić information content (AvgIpc) is 3.67. The first-order valence-electron chi connectivity index (χ1n) is 11.1. The molecule has 0 radical (unpaired) electrons. The fourth-order valence-electron chi connectivity index (χ4n) is 4.33. The van der Waals surface area contributed by atoms with Gasteiger partial charge in [0, 0.05) is 36.8 Å². The van der Waals surface area contributed by atoms with E-state index in [1.807, 2.05) is 23.1 Å². The summed E-state index contributed by atoms with van der Waals surface area (Å²) in [6.07, 6.45) is 3.50. The number of methoxy groups -OCH3 is 2. The van der Waals surface area contributed by atoms with E-state index in [1.54, 1.807) is 19.1 Å². The second kappa shape index (κ2) is 9.59. The van der Waals surface area contributed by atoms with Crippen LogP contribution in [0.2, 0.25) is 0 Å². The van der Waals surface area contributed by atoms with Crippen LogP contribution in [0.15, 0.2) is 42.5 Å². The summed E-state index contributed by atoms with van der Waals surface area (Å²) in [5, 5.41) is 0. The molecule has 0 N–H and O–H groups in total. The number of benzene rings is 2. The van der Waals surface area contributed by atoms with E-state index >= 15 is 0 Å². The zero-order valence-corrected chi connectivity index (χ0v) is 18.6. The van der Waals surface area contributed by atoms with Gasteiger partial charge >= 0.3 is 0 Å². The van der Waals surface area contributed by atoms with Crippen molar-refractivity contribution in [3.05, 3.63) is 59.4 Å². The molecular weight excluding hydrogens is 411 g/mol. The number of amides is 2. The number of hydrogen-bond donors (Lipinski definition) is 0. The van der Waals surface area contributed by atoms with Gasteiger partial charge in [0.25, 0.3) is 5.91 Å². The van der Waals surface area contributed by atoms with Crippen molar-refractivity contribution in [1.29, 1.82) is 0 Å². The number of carbonyl (C=O) groups is 2. The lowest BCUT2D eigenvalue weighted by atomic mass is 9.95. The topological polar surface area (TPSA) is 59.1 Å². The molecule has 1 aliphatic heterocycles. The molecule has 0 spiro atoms. The molecule has 0 aromatic heterocycles. The van der Waals surface area contributed by atoms with Crippen molar-refractivity contribution < 1.29 is 23.5 Å². The van der Waals surface area contributed by atoms with Gasteiger partial charge in [-0.2, -0.15) is 0 Å². The summed E-state index contributed by atoms with van der Waals surface area (Å²) in [4.78, 5) is 30.1. The fourth-order valence-corrected chi connectivity index (χ4v) is 4.33. The molecule has 7 heteroatoms. The predicted molar refractivity (Wildman–Crippen MR) is 118 cm³/mol. The molecule has 1 heterocycles. The molecule has 2 aromatic rings. The van der Waals surface area contributed by atoms with Crippen LogP contribution in [0.3, 0.4) is 0 Å².